The molecule has 3 unspecified atom stereocenters. The standard InChI is InChI=1S/C14H22F3NO/c1-9-5-10(2)12(13(19)6-9)7-18(11-3-4-11)8-14(15,16)17/h9-12H,3-8H2,1-2H3. The number of carbonyl (C=O) groups excluding carboxylic acids is 1. The molecule has 0 N–H and O–H groups in total. The molecule has 0 heterocycles. The molecule has 0 amide bonds. The number of hydrogen-bond acceptors (Lipinski definition) is 2. The highest BCUT2D eigenvalue weighted by Crippen LogP contribution is 2.35. The molecule has 0 bridgehead atoms. The summed E-state index contributed by atoms with van der Waals surface area (Å²) in [5.41, 5.74) is 0. The fourth-order valence-corrected chi connectivity index (χ4v) is 3.24. The van der Waals surface area contributed by atoms with Crippen molar-refractivity contribution in [2.45, 2.75) is 51.7 Å². The molecule has 3 atom stereocenters. The van der Waals surface area contributed by atoms with E-state index in [1.54, 1.807) is 0 Å². The zero-order valence-corrected chi connectivity index (χ0v) is 11.5. The monoisotopic (exact) mass is 277 g/mol. The summed E-state index contributed by atoms with van der Waals surface area (Å²) in [5, 5.41) is 0. The Hall–Kier alpha value is -0.580. The van der Waals surface area contributed by atoms with Crippen LogP contribution in [0, 0.1) is 17.8 Å². The average molecular weight is 277 g/mol. The Bertz CT molecular complexity index is 338. The molecular formula is C14H22F3NO. The molecule has 19 heavy (non-hydrogen) atoms. The molecule has 2 rings (SSSR count). The van der Waals surface area contributed by atoms with Gasteiger partial charge in [0.2, 0.25) is 0 Å². The van der Waals surface area contributed by atoms with E-state index in [0.717, 1.165) is 19.3 Å². The van der Waals surface area contributed by atoms with Gasteiger partial charge in [0.1, 0.15) is 5.78 Å². The Morgan fingerprint density at radius 1 is 1.26 bits per heavy atom. The summed E-state index contributed by atoms with van der Waals surface area (Å²) < 4.78 is 37.7. The second-order valence-electron chi connectivity index (χ2n) is 6.37. The SMILES string of the molecule is CC1CC(=O)C(CN(CC(F)(F)F)C2CC2)C(C)C1. The summed E-state index contributed by atoms with van der Waals surface area (Å²) in [6.45, 7) is 3.45. The van der Waals surface area contributed by atoms with Crippen LogP contribution in [0.2, 0.25) is 0 Å². The normalized spacial score (nSPS) is 32.9. The molecular weight excluding hydrogens is 255 g/mol. The van der Waals surface area contributed by atoms with Crippen LogP contribution in [0.25, 0.3) is 0 Å². The molecule has 0 aromatic carbocycles. The van der Waals surface area contributed by atoms with E-state index in [9.17, 15) is 18.0 Å². The summed E-state index contributed by atoms with van der Waals surface area (Å²) in [6, 6.07) is 0.0426. The van der Waals surface area contributed by atoms with Crippen molar-refractivity contribution in [3.8, 4) is 0 Å². The molecule has 2 fully saturated rings. The van der Waals surface area contributed by atoms with E-state index < -0.39 is 12.7 Å². The van der Waals surface area contributed by atoms with Gasteiger partial charge in [-0.15, -0.1) is 0 Å². The Balaban J connectivity index is 1.98. The van der Waals surface area contributed by atoms with Crippen molar-refractivity contribution < 1.29 is 18.0 Å². The molecule has 2 saturated carbocycles. The number of hydrogen-bond donors (Lipinski definition) is 0. The number of alkyl halides is 3. The highest BCUT2D eigenvalue weighted by Gasteiger charge is 2.41. The molecule has 5 heteroatoms. The molecule has 0 saturated heterocycles. The maximum absolute atomic E-state index is 12.6. The van der Waals surface area contributed by atoms with Gasteiger partial charge in [-0.05, 0) is 31.1 Å². The summed E-state index contributed by atoms with van der Waals surface area (Å²) in [5.74, 6) is 0.514. The quantitative estimate of drug-likeness (QED) is 0.786. The van der Waals surface area contributed by atoms with Gasteiger partial charge in [0.25, 0.3) is 0 Å². The van der Waals surface area contributed by atoms with Crippen molar-refractivity contribution in [1.82, 2.24) is 4.90 Å². The van der Waals surface area contributed by atoms with E-state index in [1.165, 1.54) is 4.90 Å². The fraction of sp³-hybridized carbons (Fsp3) is 0.929. The van der Waals surface area contributed by atoms with Crippen molar-refractivity contribution in [2.24, 2.45) is 17.8 Å². The lowest BCUT2D eigenvalue weighted by atomic mass is 9.74. The third-order valence-corrected chi connectivity index (χ3v) is 4.30. The number of halogens is 3. The van der Waals surface area contributed by atoms with Crippen LogP contribution in [0.4, 0.5) is 13.2 Å². The number of carbonyl (C=O) groups is 1. The number of ketones is 1. The van der Waals surface area contributed by atoms with Crippen molar-refractivity contribution in [2.75, 3.05) is 13.1 Å². The van der Waals surface area contributed by atoms with Gasteiger partial charge in [-0.2, -0.15) is 13.2 Å². The van der Waals surface area contributed by atoms with E-state index in [4.69, 9.17) is 0 Å². The minimum atomic E-state index is -4.17. The molecule has 0 spiro atoms. The predicted octanol–water partition coefficient (Wildman–Crippen LogP) is 3.26. The molecule has 2 nitrogen and oxygen atoms in total. The predicted molar refractivity (Wildman–Crippen MR) is 66.7 cm³/mol. The van der Waals surface area contributed by atoms with Crippen LogP contribution >= 0.6 is 0 Å². The first-order valence-corrected chi connectivity index (χ1v) is 7.10. The fourth-order valence-electron chi connectivity index (χ4n) is 3.24. The summed E-state index contributed by atoms with van der Waals surface area (Å²) in [7, 11) is 0. The van der Waals surface area contributed by atoms with Gasteiger partial charge in [0.15, 0.2) is 0 Å². The van der Waals surface area contributed by atoms with Crippen LogP contribution in [0.5, 0.6) is 0 Å². The minimum absolute atomic E-state index is 0.0426. The Morgan fingerprint density at radius 3 is 2.37 bits per heavy atom. The van der Waals surface area contributed by atoms with Crippen LogP contribution < -0.4 is 0 Å². The Morgan fingerprint density at radius 2 is 1.89 bits per heavy atom. The van der Waals surface area contributed by atoms with Gasteiger partial charge in [-0.3, -0.25) is 9.69 Å². The molecule has 0 radical (unpaired) electrons. The molecule has 0 aromatic heterocycles. The number of nitrogens with zero attached hydrogens (tertiary/aromatic N) is 1. The number of Topliss-reactive ketones (excluding diaryl/α,β-unsaturated/α-hetero) is 1. The van der Waals surface area contributed by atoms with Gasteiger partial charge in [-0.25, -0.2) is 0 Å². The summed E-state index contributed by atoms with van der Waals surface area (Å²) >= 11 is 0. The molecule has 2 aliphatic carbocycles. The lowest BCUT2D eigenvalue weighted by Crippen LogP contribution is -2.44. The maximum atomic E-state index is 12.6. The van der Waals surface area contributed by atoms with Crippen LogP contribution in [-0.4, -0.2) is 36.0 Å². The Labute approximate surface area is 112 Å². The zero-order chi connectivity index (χ0) is 14.2. The lowest BCUT2D eigenvalue weighted by molar-refractivity contribution is -0.152. The van der Waals surface area contributed by atoms with E-state index in [2.05, 4.69) is 0 Å². The first-order chi connectivity index (χ1) is 8.76. The zero-order valence-electron chi connectivity index (χ0n) is 11.5. The highest BCUT2D eigenvalue weighted by molar-refractivity contribution is 5.82. The van der Waals surface area contributed by atoms with Gasteiger partial charge >= 0.3 is 6.18 Å². The van der Waals surface area contributed by atoms with Crippen molar-refractivity contribution in [3.05, 3.63) is 0 Å². The smallest absolute Gasteiger partial charge is 0.299 e. The van der Waals surface area contributed by atoms with Crippen LogP contribution in [0.15, 0.2) is 0 Å². The molecule has 2 aliphatic rings. The third kappa shape index (κ3) is 4.20. The average Bonchev–Trinajstić information content (AvgIpc) is 3.03. The van der Waals surface area contributed by atoms with Gasteiger partial charge in [0.05, 0.1) is 6.54 Å². The highest BCUT2D eigenvalue weighted by atomic mass is 19.4. The van der Waals surface area contributed by atoms with E-state index >= 15 is 0 Å². The van der Waals surface area contributed by atoms with E-state index in [0.29, 0.717) is 12.3 Å². The number of rotatable bonds is 4. The molecule has 0 aliphatic heterocycles. The topological polar surface area (TPSA) is 20.3 Å². The third-order valence-electron chi connectivity index (χ3n) is 4.30. The first-order valence-electron chi connectivity index (χ1n) is 7.10. The van der Waals surface area contributed by atoms with Gasteiger partial charge in [-0.1, -0.05) is 13.8 Å². The van der Waals surface area contributed by atoms with Crippen molar-refractivity contribution >= 4 is 5.78 Å². The van der Waals surface area contributed by atoms with E-state index in [-0.39, 0.29) is 30.2 Å². The minimum Gasteiger partial charge on any atom is -0.299 e. The van der Waals surface area contributed by atoms with E-state index in [1.807, 2.05) is 13.8 Å². The maximum Gasteiger partial charge on any atom is 0.401 e. The van der Waals surface area contributed by atoms with Crippen LogP contribution in [0.3, 0.4) is 0 Å². The molecule has 110 valence electrons. The summed E-state index contributed by atoms with van der Waals surface area (Å²) in [6.07, 6.45) is -1.03. The van der Waals surface area contributed by atoms with Crippen molar-refractivity contribution in [3.63, 3.8) is 0 Å². The first kappa shape index (κ1) is 14.8. The molecule has 0 aromatic rings. The second-order valence-corrected chi connectivity index (χ2v) is 6.37. The van der Waals surface area contributed by atoms with Gasteiger partial charge in [0, 0.05) is 24.9 Å². The summed E-state index contributed by atoms with van der Waals surface area (Å²) in [4.78, 5) is 13.5. The van der Waals surface area contributed by atoms with Gasteiger partial charge < -0.3 is 0 Å². The lowest BCUT2D eigenvalue weighted by Gasteiger charge is -2.35. The largest absolute Gasteiger partial charge is 0.401 e. The van der Waals surface area contributed by atoms with Crippen LogP contribution in [-0.2, 0) is 4.79 Å². The van der Waals surface area contributed by atoms with Crippen LogP contribution in [0.1, 0.15) is 39.5 Å². The Kier molecular flexibility index (Phi) is 4.23. The second kappa shape index (κ2) is 5.43. The van der Waals surface area contributed by atoms with Crippen molar-refractivity contribution in [1.29, 1.82) is 0 Å².